The van der Waals surface area contributed by atoms with Gasteiger partial charge in [-0.15, -0.1) is 0 Å². The predicted molar refractivity (Wildman–Crippen MR) is 78.4 cm³/mol. The van der Waals surface area contributed by atoms with Gasteiger partial charge in [-0.05, 0) is 30.9 Å². The van der Waals surface area contributed by atoms with Crippen molar-refractivity contribution in [3.05, 3.63) is 53.6 Å². The number of imidazole rings is 1. The number of aliphatic hydroxyl groups excluding tert-OH is 1. The maximum atomic E-state index is 11.0. The van der Waals surface area contributed by atoms with E-state index in [-0.39, 0.29) is 5.41 Å². The number of aryl methyl sites for hydroxylation is 2. The van der Waals surface area contributed by atoms with Crippen molar-refractivity contribution in [2.24, 2.45) is 5.73 Å². The second kappa shape index (κ2) is 5.04. The number of nitrogens with two attached hydrogens (primary N) is 1. The Balaban J connectivity index is 2.07. The minimum Gasteiger partial charge on any atom is -0.386 e. The van der Waals surface area contributed by atoms with Gasteiger partial charge in [-0.25, -0.2) is 4.98 Å². The largest absolute Gasteiger partial charge is 0.386 e. The number of aromatic nitrogens is 2. The lowest BCUT2D eigenvalue weighted by molar-refractivity contribution is 0.0769. The highest BCUT2D eigenvalue weighted by molar-refractivity contribution is 5.42. The molecular formula is C16H21N3O. The van der Waals surface area contributed by atoms with Crippen molar-refractivity contribution in [3.63, 3.8) is 0 Å². The third-order valence-corrected chi connectivity index (χ3v) is 4.65. The Morgan fingerprint density at radius 1 is 1.45 bits per heavy atom. The molecule has 1 aliphatic rings. The number of nitrogens with zero attached hydrogens (tertiary/aromatic N) is 2. The summed E-state index contributed by atoms with van der Waals surface area (Å²) in [4.78, 5) is 4.17. The average Bonchev–Trinajstić information content (AvgIpc) is 3.11. The summed E-state index contributed by atoms with van der Waals surface area (Å²) in [5, 5.41) is 11.0. The van der Waals surface area contributed by atoms with Gasteiger partial charge in [-0.3, -0.25) is 0 Å². The van der Waals surface area contributed by atoms with E-state index in [1.54, 1.807) is 12.5 Å². The van der Waals surface area contributed by atoms with Gasteiger partial charge in [0.15, 0.2) is 0 Å². The highest BCUT2D eigenvalue weighted by Crippen LogP contribution is 2.46. The van der Waals surface area contributed by atoms with E-state index in [1.165, 1.54) is 11.1 Å². The van der Waals surface area contributed by atoms with Crippen molar-refractivity contribution in [2.45, 2.75) is 37.8 Å². The van der Waals surface area contributed by atoms with Gasteiger partial charge in [-0.1, -0.05) is 24.3 Å². The quantitative estimate of drug-likeness (QED) is 0.891. The van der Waals surface area contributed by atoms with Gasteiger partial charge in [0.1, 0.15) is 6.10 Å². The molecule has 106 valence electrons. The van der Waals surface area contributed by atoms with Crippen LogP contribution in [-0.2, 0) is 18.4 Å². The summed E-state index contributed by atoms with van der Waals surface area (Å²) in [6, 6.07) is 8.31. The molecule has 3 N–H and O–H groups in total. The van der Waals surface area contributed by atoms with Gasteiger partial charge in [-0.2, -0.15) is 0 Å². The molecule has 4 heteroatoms. The van der Waals surface area contributed by atoms with Crippen LogP contribution in [0.4, 0.5) is 0 Å². The minimum atomic E-state index is -0.612. The van der Waals surface area contributed by atoms with E-state index in [0.717, 1.165) is 25.1 Å². The zero-order valence-corrected chi connectivity index (χ0v) is 11.8. The zero-order chi connectivity index (χ0) is 14.2. The minimum absolute atomic E-state index is 0.385. The van der Waals surface area contributed by atoms with Crippen LogP contribution in [0.25, 0.3) is 0 Å². The Labute approximate surface area is 119 Å². The SMILES string of the molecule is CCn1cncc1C(O)C1(CN)CCc2ccccc21. The third kappa shape index (κ3) is 1.79. The number of hydrogen-bond acceptors (Lipinski definition) is 3. The first-order valence-electron chi connectivity index (χ1n) is 7.19. The summed E-state index contributed by atoms with van der Waals surface area (Å²) < 4.78 is 1.99. The Morgan fingerprint density at radius 3 is 3.00 bits per heavy atom. The molecule has 0 amide bonds. The van der Waals surface area contributed by atoms with Gasteiger partial charge in [0.25, 0.3) is 0 Å². The first kappa shape index (κ1) is 13.3. The van der Waals surface area contributed by atoms with Crippen LogP contribution in [0.2, 0.25) is 0 Å². The zero-order valence-electron chi connectivity index (χ0n) is 11.8. The summed E-state index contributed by atoms with van der Waals surface area (Å²) in [6.07, 6.45) is 4.78. The van der Waals surface area contributed by atoms with E-state index in [1.807, 2.05) is 16.7 Å². The average molecular weight is 271 g/mol. The highest BCUT2D eigenvalue weighted by atomic mass is 16.3. The first-order valence-corrected chi connectivity index (χ1v) is 7.19. The van der Waals surface area contributed by atoms with E-state index in [2.05, 4.69) is 24.0 Å². The standard InChI is InChI=1S/C16H21N3O/c1-2-19-11-18-9-14(19)15(20)16(10-17)8-7-12-5-3-4-6-13(12)16/h3-6,9,11,15,20H,2,7-8,10,17H2,1H3. The van der Waals surface area contributed by atoms with E-state index in [0.29, 0.717) is 6.54 Å². The molecule has 1 aliphatic carbocycles. The van der Waals surface area contributed by atoms with Gasteiger partial charge >= 0.3 is 0 Å². The molecule has 0 saturated carbocycles. The summed E-state index contributed by atoms with van der Waals surface area (Å²) in [6.45, 7) is 3.30. The number of hydrogen-bond donors (Lipinski definition) is 2. The van der Waals surface area contributed by atoms with Crippen molar-refractivity contribution >= 4 is 0 Å². The van der Waals surface area contributed by atoms with Crippen LogP contribution >= 0.6 is 0 Å². The lowest BCUT2D eigenvalue weighted by atomic mass is 9.75. The molecule has 0 fully saturated rings. The molecule has 0 spiro atoms. The summed E-state index contributed by atoms with van der Waals surface area (Å²) in [5.74, 6) is 0. The predicted octanol–water partition coefficient (Wildman–Crippen LogP) is 1.78. The topological polar surface area (TPSA) is 64.1 Å². The molecular weight excluding hydrogens is 250 g/mol. The molecule has 1 aromatic heterocycles. The van der Waals surface area contributed by atoms with Crippen molar-refractivity contribution in [1.82, 2.24) is 9.55 Å². The Morgan fingerprint density at radius 2 is 2.25 bits per heavy atom. The van der Waals surface area contributed by atoms with Gasteiger partial charge in [0.2, 0.25) is 0 Å². The van der Waals surface area contributed by atoms with Crippen LogP contribution in [0.1, 0.15) is 36.3 Å². The molecule has 4 nitrogen and oxygen atoms in total. The summed E-state index contributed by atoms with van der Waals surface area (Å²) >= 11 is 0. The fourth-order valence-corrected chi connectivity index (χ4v) is 3.43. The second-order valence-corrected chi connectivity index (χ2v) is 5.52. The highest BCUT2D eigenvalue weighted by Gasteiger charge is 2.45. The molecule has 1 heterocycles. The Kier molecular flexibility index (Phi) is 3.36. The second-order valence-electron chi connectivity index (χ2n) is 5.52. The maximum absolute atomic E-state index is 11.0. The van der Waals surface area contributed by atoms with Crippen LogP contribution < -0.4 is 5.73 Å². The molecule has 0 radical (unpaired) electrons. The summed E-state index contributed by atoms with van der Waals surface area (Å²) in [7, 11) is 0. The smallest absolute Gasteiger partial charge is 0.106 e. The van der Waals surface area contributed by atoms with E-state index in [4.69, 9.17) is 5.73 Å². The van der Waals surface area contributed by atoms with Gasteiger partial charge in [0.05, 0.1) is 18.2 Å². The molecule has 0 saturated heterocycles. The molecule has 2 unspecified atom stereocenters. The molecule has 2 atom stereocenters. The Hall–Kier alpha value is -1.65. The molecule has 20 heavy (non-hydrogen) atoms. The number of rotatable bonds is 4. The van der Waals surface area contributed by atoms with E-state index >= 15 is 0 Å². The fourth-order valence-electron chi connectivity index (χ4n) is 3.43. The van der Waals surface area contributed by atoms with Crippen LogP contribution in [0.15, 0.2) is 36.8 Å². The van der Waals surface area contributed by atoms with Crippen LogP contribution in [0.3, 0.4) is 0 Å². The lowest BCUT2D eigenvalue weighted by Crippen LogP contribution is -2.40. The van der Waals surface area contributed by atoms with Crippen LogP contribution in [-0.4, -0.2) is 21.2 Å². The van der Waals surface area contributed by atoms with Crippen molar-refractivity contribution in [2.75, 3.05) is 6.54 Å². The van der Waals surface area contributed by atoms with Crippen molar-refractivity contribution in [1.29, 1.82) is 0 Å². The van der Waals surface area contributed by atoms with E-state index in [9.17, 15) is 5.11 Å². The van der Waals surface area contributed by atoms with Crippen molar-refractivity contribution in [3.8, 4) is 0 Å². The fraction of sp³-hybridized carbons (Fsp3) is 0.438. The number of benzene rings is 1. The van der Waals surface area contributed by atoms with Crippen molar-refractivity contribution < 1.29 is 5.11 Å². The Bertz CT molecular complexity index is 607. The maximum Gasteiger partial charge on any atom is 0.106 e. The normalized spacial score (nSPS) is 22.8. The van der Waals surface area contributed by atoms with E-state index < -0.39 is 6.10 Å². The van der Waals surface area contributed by atoms with Crippen LogP contribution in [0.5, 0.6) is 0 Å². The number of aliphatic hydroxyl groups is 1. The first-order chi connectivity index (χ1) is 9.73. The number of fused-ring (bicyclic) bond motifs is 1. The van der Waals surface area contributed by atoms with Crippen LogP contribution in [0, 0.1) is 0 Å². The molecule has 0 aliphatic heterocycles. The third-order valence-electron chi connectivity index (χ3n) is 4.65. The monoisotopic (exact) mass is 271 g/mol. The summed E-state index contributed by atoms with van der Waals surface area (Å²) in [5.41, 5.74) is 9.06. The van der Waals surface area contributed by atoms with Gasteiger partial charge in [0, 0.05) is 18.5 Å². The molecule has 3 rings (SSSR count). The molecule has 0 bridgehead atoms. The lowest BCUT2D eigenvalue weighted by Gasteiger charge is -2.34. The molecule has 2 aromatic rings. The molecule has 1 aromatic carbocycles. The van der Waals surface area contributed by atoms with Gasteiger partial charge < -0.3 is 15.4 Å².